The number of rotatable bonds is 3. The van der Waals surface area contributed by atoms with Crippen molar-refractivity contribution in [2.24, 2.45) is 0 Å². The molecule has 0 saturated carbocycles. The Morgan fingerprint density at radius 3 is 2.80 bits per heavy atom. The maximum absolute atomic E-state index is 11.3. The van der Waals surface area contributed by atoms with Gasteiger partial charge < -0.3 is 9.53 Å². The van der Waals surface area contributed by atoms with Crippen LogP contribution in [-0.4, -0.2) is 30.4 Å². The molecular weight excluding hydrogens is 194 g/mol. The van der Waals surface area contributed by atoms with Crippen LogP contribution in [0.1, 0.15) is 11.7 Å². The van der Waals surface area contributed by atoms with Crippen LogP contribution in [0.2, 0.25) is 0 Å². The quantitative estimate of drug-likeness (QED) is 0.700. The lowest BCUT2D eigenvalue weighted by atomic mass is 10.1. The van der Waals surface area contributed by atoms with Crippen LogP contribution in [-0.2, 0) is 9.53 Å². The number of carbonyl (C=O) groups is 2. The number of carbonyl (C=O) groups excluding carboxylic acids is 2. The van der Waals surface area contributed by atoms with Crippen molar-refractivity contribution in [1.29, 1.82) is 0 Å². The highest BCUT2D eigenvalue weighted by Gasteiger charge is 2.31. The fraction of sp³-hybridized carbons (Fsp3) is 0.273. The van der Waals surface area contributed by atoms with Crippen LogP contribution in [0.5, 0.6) is 0 Å². The maximum Gasteiger partial charge on any atom is 0.410 e. The first kappa shape index (κ1) is 9.71. The standard InChI is InChI=1S/C11H11NO3/c13-7-6-12-8-10(15-11(12)14)9-4-2-1-3-5-9/h1-5,7,10H,6,8H2. The largest absolute Gasteiger partial charge is 0.439 e. The Labute approximate surface area is 87.4 Å². The Kier molecular flexibility index (Phi) is 2.67. The van der Waals surface area contributed by atoms with Crippen LogP contribution in [0.15, 0.2) is 30.3 Å². The molecule has 1 aromatic carbocycles. The molecule has 1 amide bonds. The molecule has 1 aromatic rings. The molecule has 1 aliphatic heterocycles. The molecule has 0 bridgehead atoms. The van der Waals surface area contributed by atoms with Crippen molar-refractivity contribution in [2.75, 3.05) is 13.1 Å². The van der Waals surface area contributed by atoms with Gasteiger partial charge in [0.1, 0.15) is 12.4 Å². The molecule has 1 unspecified atom stereocenters. The van der Waals surface area contributed by atoms with Crippen LogP contribution >= 0.6 is 0 Å². The van der Waals surface area contributed by atoms with E-state index in [0.717, 1.165) is 5.56 Å². The third kappa shape index (κ3) is 1.98. The summed E-state index contributed by atoms with van der Waals surface area (Å²) in [6.45, 7) is 0.545. The van der Waals surface area contributed by atoms with Crippen LogP contribution in [0.4, 0.5) is 4.79 Å². The molecule has 0 radical (unpaired) electrons. The van der Waals surface area contributed by atoms with Crippen LogP contribution < -0.4 is 0 Å². The molecule has 4 nitrogen and oxygen atoms in total. The molecule has 1 saturated heterocycles. The summed E-state index contributed by atoms with van der Waals surface area (Å²) < 4.78 is 5.14. The number of ether oxygens (including phenoxy) is 1. The second kappa shape index (κ2) is 4.13. The van der Waals surface area contributed by atoms with Gasteiger partial charge in [-0.25, -0.2) is 4.79 Å². The highest BCUT2D eigenvalue weighted by atomic mass is 16.6. The highest BCUT2D eigenvalue weighted by molar-refractivity contribution is 5.73. The number of hydrogen-bond acceptors (Lipinski definition) is 3. The zero-order chi connectivity index (χ0) is 10.7. The zero-order valence-electron chi connectivity index (χ0n) is 8.13. The van der Waals surface area contributed by atoms with E-state index in [0.29, 0.717) is 12.8 Å². The smallest absolute Gasteiger partial charge is 0.410 e. The minimum atomic E-state index is -0.420. The topological polar surface area (TPSA) is 46.6 Å². The SMILES string of the molecule is O=CCN1CC(c2ccccc2)OC1=O. The van der Waals surface area contributed by atoms with E-state index in [1.54, 1.807) is 0 Å². The molecule has 0 aliphatic carbocycles. The van der Waals surface area contributed by atoms with Crippen molar-refractivity contribution in [3.63, 3.8) is 0 Å². The first-order valence-electron chi connectivity index (χ1n) is 4.75. The van der Waals surface area contributed by atoms with Crippen molar-refractivity contribution >= 4 is 12.4 Å². The minimum absolute atomic E-state index is 0.0994. The first-order chi connectivity index (χ1) is 7.31. The first-order valence-corrected chi connectivity index (χ1v) is 4.75. The molecule has 1 fully saturated rings. The van der Waals surface area contributed by atoms with Gasteiger partial charge in [-0.2, -0.15) is 0 Å². The summed E-state index contributed by atoms with van der Waals surface area (Å²) in [6.07, 6.45) is 0.0313. The number of cyclic esters (lactones) is 1. The van der Waals surface area contributed by atoms with Gasteiger partial charge in [-0.05, 0) is 5.56 Å². The number of benzene rings is 1. The molecule has 4 heteroatoms. The minimum Gasteiger partial charge on any atom is -0.439 e. The van der Waals surface area contributed by atoms with E-state index in [2.05, 4.69) is 0 Å². The Bertz CT molecular complexity index is 363. The van der Waals surface area contributed by atoms with Crippen LogP contribution in [0.3, 0.4) is 0 Å². The third-order valence-electron chi connectivity index (χ3n) is 2.35. The second-order valence-electron chi connectivity index (χ2n) is 3.35. The molecule has 0 aromatic heterocycles. The lowest BCUT2D eigenvalue weighted by Crippen LogP contribution is -2.26. The Morgan fingerprint density at radius 2 is 2.13 bits per heavy atom. The van der Waals surface area contributed by atoms with E-state index in [9.17, 15) is 9.59 Å². The zero-order valence-corrected chi connectivity index (χ0v) is 8.13. The predicted molar refractivity (Wildman–Crippen MR) is 53.3 cm³/mol. The summed E-state index contributed by atoms with van der Waals surface area (Å²) in [7, 11) is 0. The predicted octanol–water partition coefficient (Wildman–Crippen LogP) is 1.38. The van der Waals surface area contributed by atoms with E-state index in [-0.39, 0.29) is 12.6 Å². The van der Waals surface area contributed by atoms with Crippen molar-refractivity contribution in [3.05, 3.63) is 35.9 Å². The molecule has 0 N–H and O–H groups in total. The average molecular weight is 205 g/mol. The molecule has 1 heterocycles. The molecule has 0 spiro atoms. The average Bonchev–Trinajstić information content (AvgIpc) is 2.63. The fourth-order valence-electron chi connectivity index (χ4n) is 1.59. The van der Waals surface area contributed by atoms with Gasteiger partial charge in [0.2, 0.25) is 0 Å². The van der Waals surface area contributed by atoms with Gasteiger partial charge >= 0.3 is 6.09 Å². The summed E-state index contributed by atoms with van der Waals surface area (Å²) in [5.41, 5.74) is 0.958. The summed E-state index contributed by atoms with van der Waals surface area (Å²) in [5.74, 6) is 0. The second-order valence-corrected chi connectivity index (χ2v) is 3.35. The summed E-state index contributed by atoms with van der Waals surface area (Å²) in [5, 5.41) is 0. The normalized spacial score (nSPS) is 20.1. The fourth-order valence-corrected chi connectivity index (χ4v) is 1.59. The van der Waals surface area contributed by atoms with E-state index in [1.165, 1.54) is 4.90 Å². The van der Waals surface area contributed by atoms with Gasteiger partial charge in [0.15, 0.2) is 0 Å². The molecule has 1 aliphatic rings. The molecule has 78 valence electrons. The van der Waals surface area contributed by atoms with E-state index in [4.69, 9.17) is 4.74 Å². The van der Waals surface area contributed by atoms with Gasteiger partial charge in [0.25, 0.3) is 0 Å². The molecule has 1 atom stereocenters. The van der Waals surface area contributed by atoms with Crippen LogP contribution in [0.25, 0.3) is 0 Å². The summed E-state index contributed by atoms with van der Waals surface area (Å²) >= 11 is 0. The van der Waals surface area contributed by atoms with Crippen molar-refractivity contribution in [2.45, 2.75) is 6.10 Å². The van der Waals surface area contributed by atoms with Gasteiger partial charge in [0, 0.05) is 0 Å². The van der Waals surface area contributed by atoms with Crippen LogP contribution in [0, 0.1) is 0 Å². The summed E-state index contributed by atoms with van der Waals surface area (Å²) in [4.78, 5) is 23.0. The maximum atomic E-state index is 11.3. The number of hydrogen-bond donors (Lipinski definition) is 0. The number of nitrogens with zero attached hydrogens (tertiary/aromatic N) is 1. The molecular formula is C11H11NO3. The van der Waals surface area contributed by atoms with E-state index >= 15 is 0 Å². The lowest BCUT2D eigenvalue weighted by Gasteiger charge is -2.08. The van der Waals surface area contributed by atoms with E-state index in [1.807, 2.05) is 30.3 Å². The Morgan fingerprint density at radius 1 is 1.40 bits per heavy atom. The Balaban J connectivity index is 2.09. The molecule has 2 rings (SSSR count). The highest BCUT2D eigenvalue weighted by Crippen LogP contribution is 2.25. The van der Waals surface area contributed by atoms with Gasteiger partial charge in [0.05, 0.1) is 13.1 Å². The number of amides is 1. The van der Waals surface area contributed by atoms with Crippen molar-refractivity contribution < 1.29 is 14.3 Å². The van der Waals surface area contributed by atoms with Gasteiger partial charge in [-0.3, -0.25) is 4.90 Å². The van der Waals surface area contributed by atoms with E-state index < -0.39 is 6.09 Å². The van der Waals surface area contributed by atoms with Gasteiger partial charge in [-0.15, -0.1) is 0 Å². The lowest BCUT2D eigenvalue weighted by molar-refractivity contribution is -0.108. The molecule has 15 heavy (non-hydrogen) atoms. The van der Waals surface area contributed by atoms with Crippen molar-refractivity contribution in [3.8, 4) is 0 Å². The van der Waals surface area contributed by atoms with Gasteiger partial charge in [-0.1, -0.05) is 30.3 Å². The monoisotopic (exact) mass is 205 g/mol. The van der Waals surface area contributed by atoms with Crippen molar-refractivity contribution in [1.82, 2.24) is 4.90 Å². The number of aldehydes is 1. The Hall–Kier alpha value is -1.84. The summed E-state index contributed by atoms with van der Waals surface area (Å²) in [6, 6.07) is 9.51. The third-order valence-corrected chi connectivity index (χ3v) is 2.35.